The van der Waals surface area contributed by atoms with E-state index in [1.807, 2.05) is 0 Å². The number of aryl methyl sites for hydroxylation is 1. The molecule has 72 valence electrons. The van der Waals surface area contributed by atoms with Crippen molar-refractivity contribution >= 4 is 0 Å². The third-order valence-corrected chi connectivity index (χ3v) is 2.82. The third-order valence-electron chi connectivity index (χ3n) is 2.82. The fourth-order valence-electron chi connectivity index (χ4n) is 1.86. The Labute approximate surface area is 85.4 Å². The molecule has 1 aromatic carbocycles. The largest absolute Gasteiger partial charge is 0.192 e. The second-order valence-electron chi connectivity index (χ2n) is 4.05. The van der Waals surface area contributed by atoms with E-state index < -0.39 is 0 Å². The Balaban J connectivity index is 2.30. The lowest BCUT2D eigenvalue weighted by Gasteiger charge is -2.04. The zero-order valence-electron chi connectivity index (χ0n) is 8.59. The van der Waals surface area contributed by atoms with E-state index in [0.29, 0.717) is 0 Å². The molecule has 0 aliphatic heterocycles. The molecule has 0 atom stereocenters. The van der Waals surface area contributed by atoms with Crippen LogP contribution in [0.3, 0.4) is 0 Å². The first-order valence-electron chi connectivity index (χ1n) is 5.38. The van der Waals surface area contributed by atoms with Crippen LogP contribution in [0.5, 0.6) is 0 Å². The van der Waals surface area contributed by atoms with Gasteiger partial charge in [-0.25, -0.2) is 0 Å². The molecule has 0 aromatic heterocycles. The normalized spacial score (nSPS) is 15.1. The molecule has 1 aromatic rings. The Bertz CT molecular complexity index is 369. The Morgan fingerprint density at radius 2 is 2.21 bits per heavy atom. The summed E-state index contributed by atoms with van der Waals surface area (Å²) >= 11 is 0. The molecule has 0 N–H and O–H groups in total. The summed E-state index contributed by atoms with van der Waals surface area (Å²) in [5, 5.41) is 9.02. The summed E-state index contributed by atoms with van der Waals surface area (Å²) in [5.74, 6) is 0.748. The quantitative estimate of drug-likeness (QED) is 0.708. The molecule has 0 bridgehead atoms. The molecule has 2 rings (SSSR count). The van der Waals surface area contributed by atoms with E-state index in [2.05, 4.69) is 31.2 Å². The fraction of sp³-hybridized carbons (Fsp3) is 0.462. The van der Waals surface area contributed by atoms with Gasteiger partial charge in [0.1, 0.15) is 0 Å². The average Bonchev–Trinajstić information content (AvgIpc) is 3.02. The molecule has 14 heavy (non-hydrogen) atoms. The summed E-state index contributed by atoms with van der Waals surface area (Å²) < 4.78 is 0. The molecule has 0 radical (unpaired) electrons. The van der Waals surface area contributed by atoms with Gasteiger partial charge in [0.25, 0.3) is 0 Å². The van der Waals surface area contributed by atoms with E-state index in [9.17, 15) is 0 Å². The SMILES string of the molecule is CCCc1ccc(C2CC2)cc1C#N. The monoisotopic (exact) mass is 185 g/mol. The highest BCUT2D eigenvalue weighted by Gasteiger charge is 2.23. The van der Waals surface area contributed by atoms with Crippen LogP contribution in [0.1, 0.15) is 48.8 Å². The van der Waals surface area contributed by atoms with E-state index in [-0.39, 0.29) is 0 Å². The highest BCUT2D eigenvalue weighted by Crippen LogP contribution is 2.40. The first-order chi connectivity index (χ1) is 6.85. The summed E-state index contributed by atoms with van der Waals surface area (Å²) in [6.07, 6.45) is 4.74. The topological polar surface area (TPSA) is 23.8 Å². The lowest BCUT2D eigenvalue weighted by Crippen LogP contribution is -1.91. The van der Waals surface area contributed by atoms with Gasteiger partial charge in [0.2, 0.25) is 0 Å². The van der Waals surface area contributed by atoms with Gasteiger partial charge in [-0.1, -0.05) is 25.5 Å². The van der Waals surface area contributed by atoms with Crippen LogP contribution >= 0.6 is 0 Å². The molecule has 1 fully saturated rings. The molecule has 1 nitrogen and oxygen atoms in total. The highest BCUT2D eigenvalue weighted by molar-refractivity contribution is 5.42. The Morgan fingerprint density at radius 3 is 2.79 bits per heavy atom. The molecule has 0 spiro atoms. The van der Waals surface area contributed by atoms with Gasteiger partial charge in [0, 0.05) is 0 Å². The summed E-state index contributed by atoms with van der Waals surface area (Å²) in [6.45, 7) is 2.15. The van der Waals surface area contributed by atoms with E-state index >= 15 is 0 Å². The fourth-order valence-corrected chi connectivity index (χ4v) is 1.86. The van der Waals surface area contributed by atoms with E-state index in [1.54, 1.807) is 0 Å². The molecule has 1 saturated carbocycles. The minimum Gasteiger partial charge on any atom is -0.192 e. The van der Waals surface area contributed by atoms with Gasteiger partial charge < -0.3 is 0 Å². The molecule has 0 unspecified atom stereocenters. The average molecular weight is 185 g/mol. The summed E-state index contributed by atoms with van der Waals surface area (Å²) in [4.78, 5) is 0. The van der Waals surface area contributed by atoms with Gasteiger partial charge in [-0.3, -0.25) is 0 Å². The summed E-state index contributed by atoms with van der Waals surface area (Å²) in [5.41, 5.74) is 3.46. The van der Waals surface area contributed by atoms with Crippen molar-refractivity contribution in [3.8, 4) is 6.07 Å². The predicted octanol–water partition coefficient (Wildman–Crippen LogP) is 3.39. The first-order valence-corrected chi connectivity index (χ1v) is 5.38. The second kappa shape index (κ2) is 3.84. The van der Waals surface area contributed by atoms with Crippen molar-refractivity contribution in [1.82, 2.24) is 0 Å². The molecular weight excluding hydrogens is 170 g/mol. The van der Waals surface area contributed by atoms with Crippen LogP contribution in [0.4, 0.5) is 0 Å². The molecule has 0 amide bonds. The van der Waals surface area contributed by atoms with E-state index in [1.165, 1.54) is 24.0 Å². The number of rotatable bonds is 3. The predicted molar refractivity (Wildman–Crippen MR) is 57.1 cm³/mol. The van der Waals surface area contributed by atoms with Crippen molar-refractivity contribution in [3.05, 3.63) is 34.9 Å². The van der Waals surface area contributed by atoms with Crippen LogP contribution in [0, 0.1) is 11.3 Å². The van der Waals surface area contributed by atoms with Crippen LogP contribution in [0.15, 0.2) is 18.2 Å². The third kappa shape index (κ3) is 1.80. The van der Waals surface area contributed by atoms with Crippen LogP contribution in [-0.2, 0) is 6.42 Å². The molecule has 1 heteroatoms. The van der Waals surface area contributed by atoms with Crippen LogP contribution in [0.25, 0.3) is 0 Å². The number of nitriles is 1. The van der Waals surface area contributed by atoms with Crippen LogP contribution in [0.2, 0.25) is 0 Å². The number of benzene rings is 1. The Morgan fingerprint density at radius 1 is 1.43 bits per heavy atom. The van der Waals surface area contributed by atoms with Crippen molar-refractivity contribution in [3.63, 3.8) is 0 Å². The summed E-state index contributed by atoms with van der Waals surface area (Å²) in [6, 6.07) is 8.72. The summed E-state index contributed by atoms with van der Waals surface area (Å²) in [7, 11) is 0. The van der Waals surface area contributed by atoms with Gasteiger partial charge in [0.15, 0.2) is 0 Å². The van der Waals surface area contributed by atoms with Crippen LogP contribution < -0.4 is 0 Å². The van der Waals surface area contributed by atoms with Gasteiger partial charge in [0.05, 0.1) is 11.6 Å². The molecule has 0 heterocycles. The minimum absolute atomic E-state index is 0.748. The maximum Gasteiger partial charge on any atom is 0.0994 e. The molecule has 1 aliphatic rings. The van der Waals surface area contributed by atoms with Crippen molar-refractivity contribution in [2.24, 2.45) is 0 Å². The van der Waals surface area contributed by atoms with Crippen molar-refractivity contribution < 1.29 is 0 Å². The van der Waals surface area contributed by atoms with Crippen molar-refractivity contribution in [2.45, 2.75) is 38.5 Å². The maximum absolute atomic E-state index is 9.02. The van der Waals surface area contributed by atoms with Gasteiger partial charge in [-0.05, 0) is 42.4 Å². The molecular formula is C13H15N. The van der Waals surface area contributed by atoms with Crippen molar-refractivity contribution in [1.29, 1.82) is 5.26 Å². The standard InChI is InChI=1S/C13H15N/c1-2-3-10-6-7-12(11-4-5-11)8-13(10)9-14/h6-8,11H,2-5H2,1H3. The van der Waals surface area contributed by atoms with Crippen molar-refractivity contribution in [2.75, 3.05) is 0 Å². The lowest BCUT2D eigenvalue weighted by molar-refractivity contribution is 0.915. The second-order valence-corrected chi connectivity index (χ2v) is 4.05. The molecule has 1 aliphatic carbocycles. The zero-order chi connectivity index (χ0) is 9.97. The number of hydrogen-bond acceptors (Lipinski definition) is 1. The highest BCUT2D eigenvalue weighted by atomic mass is 14.3. The lowest BCUT2D eigenvalue weighted by atomic mass is 9.99. The zero-order valence-corrected chi connectivity index (χ0v) is 8.59. The van der Waals surface area contributed by atoms with Crippen LogP contribution in [-0.4, -0.2) is 0 Å². The maximum atomic E-state index is 9.02. The first kappa shape index (κ1) is 9.27. The van der Waals surface area contributed by atoms with E-state index in [4.69, 9.17) is 5.26 Å². The van der Waals surface area contributed by atoms with Gasteiger partial charge in [-0.15, -0.1) is 0 Å². The minimum atomic E-state index is 0.748. The van der Waals surface area contributed by atoms with Gasteiger partial charge >= 0.3 is 0 Å². The van der Waals surface area contributed by atoms with Gasteiger partial charge in [-0.2, -0.15) is 5.26 Å². The Kier molecular flexibility index (Phi) is 2.54. The Hall–Kier alpha value is -1.29. The smallest absolute Gasteiger partial charge is 0.0994 e. The number of hydrogen-bond donors (Lipinski definition) is 0. The molecule has 0 saturated heterocycles. The number of nitrogens with zero attached hydrogens (tertiary/aromatic N) is 1. The van der Waals surface area contributed by atoms with E-state index in [0.717, 1.165) is 24.3 Å².